The summed E-state index contributed by atoms with van der Waals surface area (Å²) in [5.74, 6) is 1.16. The van der Waals surface area contributed by atoms with Gasteiger partial charge in [0.2, 0.25) is 0 Å². The van der Waals surface area contributed by atoms with Gasteiger partial charge in [-0.25, -0.2) is 0 Å². The summed E-state index contributed by atoms with van der Waals surface area (Å²) in [5.41, 5.74) is 1.42. The summed E-state index contributed by atoms with van der Waals surface area (Å²) in [5, 5.41) is 12.1. The lowest BCUT2D eigenvalue weighted by atomic mass is 9.98. The van der Waals surface area contributed by atoms with Gasteiger partial charge in [-0.15, -0.1) is 0 Å². The lowest BCUT2D eigenvalue weighted by molar-refractivity contribution is -0.124. The van der Waals surface area contributed by atoms with Crippen LogP contribution in [-0.2, 0) is 4.79 Å². The number of hydrogen-bond donors (Lipinski definition) is 1. The van der Waals surface area contributed by atoms with Crippen molar-refractivity contribution in [2.75, 3.05) is 6.61 Å². The van der Waals surface area contributed by atoms with Crippen LogP contribution in [0.5, 0.6) is 5.75 Å². The standard InChI is InChI=1S/C18H24N2O2/c1-12(2)14-6-5-13(3)16(9-14)22-10-17(21)20-18(4,11-19)15-7-8-15/h5-6,9,12,15H,7-8,10H2,1-4H3,(H,20,21)/t18-/m0/s1. The zero-order valence-electron chi connectivity index (χ0n) is 13.8. The fraction of sp³-hybridized carbons (Fsp3) is 0.556. The molecule has 1 aliphatic rings. The van der Waals surface area contributed by atoms with Gasteiger partial charge in [-0.3, -0.25) is 4.79 Å². The largest absolute Gasteiger partial charge is 0.483 e. The number of ether oxygens (including phenoxy) is 1. The molecule has 0 aliphatic heterocycles. The molecule has 1 atom stereocenters. The zero-order chi connectivity index (χ0) is 16.3. The van der Waals surface area contributed by atoms with E-state index < -0.39 is 5.54 Å². The molecule has 1 aromatic rings. The molecule has 2 rings (SSSR count). The molecule has 0 spiro atoms. The molecular formula is C18H24N2O2. The van der Waals surface area contributed by atoms with Crippen molar-refractivity contribution < 1.29 is 9.53 Å². The first-order valence-corrected chi connectivity index (χ1v) is 7.81. The summed E-state index contributed by atoms with van der Waals surface area (Å²) in [6, 6.07) is 8.28. The van der Waals surface area contributed by atoms with Gasteiger partial charge in [-0.05, 0) is 55.7 Å². The molecule has 1 N–H and O–H groups in total. The Morgan fingerprint density at radius 2 is 2.18 bits per heavy atom. The van der Waals surface area contributed by atoms with Crippen LogP contribution in [-0.4, -0.2) is 18.1 Å². The van der Waals surface area contributed by atoms with Crippen LogP contribution < -0.4 is 10.1 Å². The summed E-state index contributed by atoms with van der Waals surface area (Å²) < 4.78 is 5.66. The topological polar surface area (TPSA) is 62.1 Å². The van der Waals surface area contributed by atoms with E-state index in [1.807, 2.05) is 19.1 Å². The molecule has 1 amide bonds. The van der Waals surface area contributed by atoms with Crippen LogP contribution in [0.2, 0.25) is 0 Å². The molecule has 1 saturated carbocycles. The molecule has 118 valence electrons. The highest BCUT2D eigenvalue weighted by molar-refractivity contribution is 5.79. The number of nitriles is 1. The van der Waals surface area contributed by atoms with Crippen molar-refractivity contribution >= 4 is 5.91 Å². The second kappa shape index (κ2) is 6.39. The third-order valence-corrected chi connectivity index (χ3v) is 4.26. The number of nitrogens with zero attached hydrogens (tertiary/aromatic N) is 1. The Bertz CT molecular complexity index is 600. The molecule has 1 aromatic carbocycles. The van der Waals surface area contributed by atoms with E-state index in [1.165, 1.54) is 5.56 Å². The van der Waals surface area contributed by atoms with E-state index in [-0.39, 0.29) is 18.4 Å². The predicted molar refractivity (Wildman–Crippen MR) is 85.6 cm³/mol. The third-order valence-electron chi connectivity index (χ3n) is 4.26. The number of benzene rings is 1. The van der Waals surface area contributed by atoms with Crippen LogP contribution in [0.25, 0.3) is 0 Å². The number of hydrogen-bond acceptors (Lipinski definition) is 3. The quantitative estimate of drug-likeness (QED) is 0.876. The fourth-order valence-electron chi connectivity index (χ4n) is 2.48. The molecule has 4 heteroatoms. The number of aryl methyl sites for hydroxylation is 1. The number of carbonyl (C=O) groups excluding carboxylic acids is 1. The average molecular weight is 300 g/mol. The second-order valence-corrected chi connectivity index (χ2v) is 6.60. The molecule has 0 unspecified atom stereocenters. The van der Waals surface area contributed by atoms with E-state index in [4.69, 9.17) is 4.74 Å². The van der Waals surface area contributed by atoms with E-state index in [9.17, 15) is 10.1 Å². The Morgan fingerprint density at radius 1 is 1.50 bits per heavy atom. The fourth-order valence-corrected chi connectivity index (χ4v) is 2.48. The van der Waals surface area contributed by atoms with Crippen molar-refractivity contribution in [3.05, 3.63) is 29.3 Å². The minimum Gasteiger partial charge on any atom is -0.483 e. The Hall–Kier alpha value is -2.02. The number of carbonyl (C=O) groups is 1. The molecular weight excluding hydrogens is 276 g/mol. The lowest BCUT2D eigenvalue weighted by Gasteiger charge is -2.23. The Labute approximate surface area is 132 Å². The summed E-state index contributed by atoms with van der Waals surface area (Å²) in [6.07, 6.45) is 2.00. The smallest absolute Gasteiger partial charge is 0.259 e. The Morgan fingerprint density at radius 3 is 2.73 bits per heavy atom. The van der Waals surface area contributed by atoms with Crippen LogP contribution >= 0.6 is 0 Å². The van der Waals surface area contributed by atoms with E-state index in [1.54, 1.807) is 6.92 Å². The van der Waals surface area contributed by atoms with Crippen LogP contribution in [0, 0.1) is 24.2 Å². The van der Waals surface area contributed by atoms with Crippen molar-refractivity contribution in [3.8, 4) is 11.8 Å². The van der Waals surface area contributed by atoms with Crippen LogP contribution in [0.3, 0.4) is 0 Å². The van der Waals surface area contributed by atoms with Crippen molar-refractivity contribution in [1.82, 2.24) is 5.32 Å². The van der Waals surface area contributed by atoms with Gasteiger partial charge in [0.05, 0.1) is 6.07 Å². The highest BCUT2D eigenvalue weighted by Crippen LogP contribution is 2.39. The maximum Gasteiger partial charge on any atom is 0.259 e. The average Bonchev–Trinajstić information content (AvgIpc) is 3.31. The minimum atomic E-state index is -0.769. The summed E-state index contributed by atoms with van der Waals surface area (Å²) in [4.78, 5) is 12.1. The number of rotatable bonds is 6. The molecule has 0 bridgehead atoms. The van der Waals surface area contributed by atoms with Gasteiger partial charge < -0.3 is 10.1 Å². The Kier molecular flexibility index (Phi) is 4.75. The molecule has 22 heavy (non-hydrogen) atoms. The lowest BCUT2D eigenvalue weighted by Crippen LogP contribution is -2.48. The second-order valence-electron chi connectivity index (χ2n) is 6.60. The summed E-state index contributed by atoms with van der Waals surface area (Å²) >= 11 is 0. The van der Waals surface area contributed by atoms with E-state index in [2.05, 4.69) is 31.3 Å². The third kappa shape index (κ3) is 3.79. The predicted octanol–water partition coefficient (Wildman–Crippen LogP) is 3.31. The molecule has 1 aliphatic carbocycles. The van der Waals surface area contributed by atoms with Gasteiger partial charge in [-0.1, -0.05) is 26.0 Å². The van der Waals surface area contributed by atoms with Gasteiger partial charge in [0.25, 0.3) is 5.91 Å². The molecule has 0 saturated heterocycles. The number of nitrogens with one attached hydrogen (secondary N) is 1. The van der Waals surface area contributed by atoms with Gasteiger partial charge in [-0.2, -0.15) is 5.26 Å². The van der Waals surface area contributed by atoms with Crippen molar-refractivity contribution in [2.45, 2.75) is 52.0 Å². The monoisotopic (exact) mass is 300 g/mol. The van der Waals surface area contributed by atoms with E-state index >= 15 is 0 Å². The summed E-state index contributed by atoms with van der Waals surface area (Å²) in [7, 11) is 0. The van der Waals surface area contributed by atoms with Gasteiger partial charge in [0.15, 0.2) is 6.61 Å². The highest BCUT2D eigenvalue weighted by Gasteiger charge is 2.43. The van der Waals surface area contributed by atoms with Crippen molar-refractivity contribution in [2.24, 2.45) is 5.92 Å². The molecule has 0 heterocycles. The zero-order valence-corrected chi connectivity index (χ0v) is 13.8. The van der Waals surface area contributed by atoms with Crippen molar-refractivity contribution in [1.29, 1.82) is 5.26 Å². The SMILES string of the molecule is Cc1ccc(C(C)C)cc1OCC(=O)N[C@@](C)(C#N)C1CC1. The van der Waals surface area contributed by atoms with Crippen LogP contribution in [0.15, 0.2) is 18.2 Å². The van der Waals surface area contributed by atoms with E-state index in [0.717, 1.165) is 24.2 Å². The molecule has 4 nitrogen and oxygen atoms in total. The first kappa shape index (κ1) is 16.4. The maximum absolute atomic E-state index is 12.1. The van der Waals surface area contributed by atoms with Crippen molar-refractivity contribution in [3.63, 3.8) is 0 Å². The first-order chi connectivity index (χ1) is 10.4. The summed E-state index contributed by atoms with van der Waals surface area (Å²) in [6.45, 7) is 7.92. The highest BCUT2D eigenvalue weighted by atomic mass is 16.5. The Balaban J connectivity index is 1.96. The van der Waals surface area contributed by atoms with Crippen LogP contribution in [0.4, 0.5) is 0 Å². The molecule has 0 radical (unpaired) electrons. The van der Waals surface area contributed by atoms with Gasteiger partial charge in [0.1, 0.15) is 11.3 Å². The van der Waals surface area contributed by atoms with Gasteiger partial charge >= 0.3 is 0 Å². The van der Waals surface area contributed by atoms with Gasteiger partial charge in [0, 0.05) is 0 Å². The number of amides is 1. The normalized spacial score (nSPS) is 16.7. The minimum absolute atomic E-state index is 0.0631. The molecule has 0 aromatic heterocycles. The first-order valence-electron chi connectivity index (χ1n) is 7.81. The van der Waals surface area contributed by atoms with E-state index in [0.29, 0.717) is 5.92 Å². The maximum atomic E-state index is 12.1. The van der Waals surface area contributed by atoms with Crippen LogP contribution in [0.1, 0.15) is 50.7 Å². The molecule has 1 fully saturated rings.